The molecule has 0 radical (unpaired) electrons. The molecule has 1 N–H and O–H groups in total. The second-order valence-electron chi connectivity index (χ2n) is 7.02. The summed E-state index contributed by atoms with van der Waals surface area (Å²) in [5.74, 6) is 0.0748. The average molecular weight is 342 g/mol. The van der Waals surface area contributed by atoms with Crippen LogP contribution in [0, 0.1) is 0 Å². The highest BCUT2D eigenvalue weighted by Gasteiger charge is 2.42. The fourth-order valence-corrected chi connectivity index (χ4v) is 3.33. The molecule has 1 aromatic carbocycles. The number of carbonyl (C=O) groups is 2. The summed E-state index contributed by atoms with van der Waals surface area (Å²) in [6, 6.07) is 7.68. The largest absolute Gasteiger partial charge is 0.463 e. The van der Waals surface area contributed by atoms with Crippen molar-refractivity contribution in [3.8, 4) is 0 Å². The minimum atomic E-state index is -0.470. The van der Waals surface area contributed by atoms with Crippen LogP contribution in [0.3, 0.4) is 0 Å². The maximum atomic E-state index is 12.6. The molecule has 1 unspecified atom stereocenters. The minimum absolute atomic E-state index is 0.133. The van der Waals surface area contributed by atoms with Crippen molar-refractivity contribution in [3.63, 3.8) is 0 Å². The highest BCUT2D eigenvalue weighted by atomic mass is 16.5. The molecule has 0 spiro atoms. The van der Waals surface area contributed by atoms with Crippen molar-refractivity contribution in [3.05, 3.63) is 46.7 Å². The number of rotatable bonds is 5. The Morgan fingerprint density at radius 1 is 1.28 bits per heavy atom. The third kappa shape index (κ3) is 3.41. The molecule has 2 amide bonds. The zero-order valence-electron chi connectivity index (χ0n) is 15.3. The van der Waals surface area contributed by atoms with Crippen molar-refractivity contribution in [2.45, 2.75) is 58.5 Å². The lowest BCUT2D eigenvalue weighted by Crippen LogP contribution is -2.48. The van der Waals surface area contributed by atoms with Crippen molar-refractivity contribution >= 4 is 12.0 Å². The molecular weight excluding hydrogens is 316 g/mol. The van der Waals surface area contributed by atoms with Gasteiger partial charge in [0.25, 0.3) is 0 Å². The van der Waals surface area contributed by atoms with Gasteiger partial charge in [-0.15, -0.1) is 0 Å². The quantitative estimate of drug-likeness (QED) is 0.826. The first-order valence-electron chi connectivity index (χ1n) is 9.01. The standard InChI is InChI=1S/C20H26N2O3/c1-5-25-19(23)17-13(4)22(16-10-11-16)20(24)21-18(17)15-8-6-14(7-9-15)12(2)3/h6-9,12,16,18H,5,10-11H2,1-4H3,(H,21,24). The third-order valence-electron chi connectivity index (χ3n) is 4.87. The fourth-order valence-electron chi connectivity index (χ4n) is 3.33. The van der Waals surface area contributed by atoms with Crippen LogP contribution >= 0.6 is 0 Å². The summed E-state index contributed by atoms with van der Waals surface area (Å²) in [5.41, 5.74) is 3.37. The summed E-state index contributed by atoms with van der Waals surface area (Å²) in [6.07, 6.45) is 1.96. The van der Waals surface area contributed by atoms with Crippen LogP contribution in [0.15, 0.2) is 35.5 Å². The van der Waals surface area contributed by atoms with Gasteiger partial charge in [0, 0.05) is 11.7 Å². The van der Waals surface area contributed by atoms with Crippen molar-refractivity contribution in [1.82, 2.24) is 10.2 Å². The van der Waals surface area contributed by atoms with Crippen LogP contribution in [0.1, 0.15) is 63.6 Å². The molecule has 1 aromatic rings. The Morgan fingerprint density at radius 3 is 2.44 bits per heavy atom. The number of hydrogen-bond acceptors (Lipinski definition) is 3. The zero-order chi connectivity index (χ0) is 18.1. The molecule has 1 heterocycles. The Bertz CT molecular complexity index is 702. The van der Waals surface area contributed by atoms with E-state index in [1.54, 1.807) is 11.8 Å². The van der Waals surface area contributed by atoms with E-state index < -0.39 is 6.04 Å². The predicted molar refractivity (Wildman–Crippen MR) is 96.0 cm³/mol. The molecule has 5 heteroatoms. The lowest BCUT2D eigenvalue weighted by molar-refractivity contribution is -0.139. The summed E-state index contributed by atoms with van der Waals surface area (Å²) in [5, 5.41) is 3.00. The summed E-state index contributed by atoms with van der Waals surface area (Å²) in [4.78, 5) is 26.9. The molecule has 2 aliphatic rings. The van der Waals surface area contributed by atoms with E-state index in [0.29, 0.717) is 23.8 Å². The molecule has 1 aliphatic carbocycles. The topological polar surface area (TPSA) is 58.6 Å². The zero-order valence-corrected chi connectivity index (χ0v) is 15.3. The van der Waals surface area contributed by atoms with Crippen LogP contribution < -0.4 is 5.32 Å². The second-order valence-corrected chi connectivity index (χ2v) is 7.02. The number of allylic oxidation sites excluding steroid dienone is 1. The monoisotopic (exact) mass is 342 g/mol. The second kappa shape index (κ2) is 6.90. The van der Waals surface area contributed by atoms with E-state index in [9.17, 15) is 9.59 Å². The van der Waals surface area contributed by atoms with Crippen LogP contribution in [0.4, 0.5) is 4.79 Å². The van der Waals surface area contributed by atoms with E-state index in [1.165, 1.54) is 5.56 Å². The lowest BCUT2D eigenvalue weighted by atomic mass is 9.92. The SMILES string of the molecule is CCOC(=O)C1=C(C)N(C2CC2)C(=O)NC1c1ccc(C(C)C)cc1. The van der Waals surface area contributed by atoms with Gasteiger partial charge in [-0.25, -0.2) is 9.59 Å². The molecule has 0 saturated heterocycles. The molecule has 0 aromatic heterocycles. The minimum Gasteiger partial charge on any atom is -0.463 e. The maximum absolute atomic E-state index is 12.6. The Labute approximate surface area is 149 Å². The lowest BCUT2D eigenvalue weighted by Gasteiger charge is -2.35. The molecule has 1 aliphatic heterocycles. The Morgan fingerprint density at radius 2 is 1.92 bits per heavy atom. The van der Waals surface area contributed by atoms with Crippen molar-refractivity contribution in [2.24, 2.45) is 0 Å². The Hall–Kier alpha value is -2.30. The highest BCUT2D eigenvalue weighted by Crippen LogP contribution is 2.38. The van der Waals surface area contributed by atoms with E-state index in [-0.39, 0.29) is 18.0 Å². The maximum Gasteiger partial charge on any atom is 0.338 e. The van der Waals surface area contributed by atoms with Crippen LogP contribution in [0.2, 0.25) is 0 Å². The molecule has 1 saturated carbocycles. The average Bonchev–Trinajstić information content (AvgIpc) is 3.39. The van der Waals surface area contributed by atoms with Crippen LogP contribution in [0.25, 0.3) is 0 Å². The Balaban J connectivity index is 2.00. The predicted octanol–water partition coefficient (Wildman–Crippen LogP) is 3.88. The first kappa shape index (κ1) is 17.5. The number of benzene rings is 1. The van der Waals surface area contributed by atoms with Gasteiger partial charge < -0.3 is 10.1 Å². The molecule has 25 heavy (non-hydrogen) atoms. The van der Waals surface area contributed by atoms with E-state index in [2.05, 4.69) is 31.3 Å². The molecular formula is C20H26N2O3. The van der Waals surface area contributed by atoms with Gasteiger partial charge in [-0.05, 0) is 43.7 Å². The van der Waals surface area contributed by atoms with E-state index in [0.717, 1.165) is 18.4 Å². The molecule has 3 rings (SSSR count). The molecule has 0 bridgehead atoms. The first-order chi connectivity index (χ1) is 11.9. The smallest absolute Gasteiger partial charge is 0.338 e. The number of ether oxygens (including phenoxy) is 1. The number of nitrogens with one attached hydrogen (secondary N) is 1. The van der Waals surface area contributed by atoms with Gasteiger partial charge in [0.05, 0.1) is 18.2 Å². The van der Waals surface area contributed by atoms with E-state index >= 15 is 0 Å². The number of nitrogens with zero attached hydrogens (tertiary/aromatic N) is 1. The normalized spacial score (nSPS) is 20.8. The highest BCUT2D eigenvalue weighted by molar-refractivity contribution is 5.95. The number of hydrogen-bond donors (Lipinski definition) is 1. The van der Waals surface area contributed by atoms with Gasteiger partial charge >= 0.3 is 12.0 Å². The number of urea groups is 1. The third-order valence-corrected chi connectivity index (χ3v) is 4.87. The van der Waals surface area contributed by atoms with Crippen LogP contribution in [-0.2, 0) is 9.53 Å². The van der Waals surface area contributed by atoms with Gasteiger partial charge in [-0.3, -0.25) is 4.90 Å². The van der Waals surface area contributed by atoms with Crippen LogP contribution in [0.5, 0.6) is 0 Å². The van der Waals surface area contributed by atoms with Gasteiger partial charge in [0.2, 0.25) is 0 Å². The molecule has 5 nitrogen and oxygen atoms in total. The molecule has 1 fully saturated rings. The van der Waals surface area contributed by atoms with Gasteiger partial charge in [-0.2, -0.15) is 0 Å². The Kier molecular flexibility index (Phi) is 4.84. The van der Waals surface area contributed by atoms with E-state index in [4.69, 9.17) is 4.74 Å². The summed E-state index contributed by atoms with van der Waals surface area (Å²) >= 11 is 0. The van der Waals surface area contributed by atoms with Gasteiger partial charge in [0.1, 0.15) is 0 Å². The van der Waals surface area contributed by atoms with Gasteiger partial charge in [0.15, 0.2) is 0 Å². The summed E-state index contributed by atoms with van der Waals surface area (Å²) in [7, 11) is 0. The number of esters is 1. The first-order valence-corrected chi connectivity index (χ1v) is 9.01. The summed E-state index contributed by atoms with van der Waals surface area (Å²) < 4.78 is 5.27. The van der Waals surface area contributed by atoms with Crippen molar-refractivity contribution in [2.75, 3.05) is 6.61 Å². The van der Waals surface area contributed by atoms with Crippen LogP contribution in [-0.4, -0.2) is 29.5 Å². The molecule has 134 valence electrons. The number of carbonyl (C=O) groups excluding carboxylic acids is 2. The van der Waals surface area contributed by atoms with Gasteiger partial charge in [-0.1, -0.05) is 38.1 Å². The van der Waals surface area contributed by atoms with Crippen molar-refractivity contribution < 1.29 is 14.3 Å². The van der Waals surface area contributed by atoms with Crippen molar-refractivity contribution in [1.29, 1.82) is 0 Å². The number of amides is 2. The fraction of sp³-hybridized carbons (Fsp3) is 0.500. The summed E-state index contributed by atoms with van der Waals surface area (Å²) in [6.45, 7) is 8.23. The molecule has 1 atom stereocenters. The van der Waals surface area contributed by atoms with E-state index in [1.807, 2.05) is 19.1 Å².